The molecule has 0 bridgehead atoms. The minimum absolute atomic E-state index is 0.356. The number of Topliss-reactive ketones (excluding diaryl/α,β-unsaturated/α-hetero) is 1. The number of ketones is 1. The number of carbonyl (C=O) groups is 2. The van der Waals surface area contributed by atoms with E-state index in [2.05, 4.69) is 46.3 Å². The Morgan fingerprint density at radius 1 is 0.881 bits per heavy atom. The number of rotatable bonds is 12. The van der Waals surface area contributed by atoms with Crippen molar-refractivity contribution in [1.29, 1.82) is 0 Å². The molecule has 0 aromatic heterocycles. The van der Waals surface area contributed by atoms with Crippen molar-refractivity contribution >= 4 is 33.7 Å². The van der Waals surface area contributed by atoms with E-state index in [-0.39, 0.29) is 0 Å². The van der Waals surface area contributed by atoms with Gasteiger partial charge < -0.3 is 16.0 Å². The van der Waals surface area contributed by atoms with Gasteiger partial charge in [0.2, 0.25) is 0 Å². The molecule has 2 atom stereocenters. The van der Waals surface area contributed by atoms with Crippen LogP contribution in [0.1, 0.15) is 45.6 Å². The molecular weight excluding hydrogens is 548 g/mol. The van der Waals surface area contributed by atoms with E-state index >= 15 is 0 Å². The molecule has 1 saturated heterocycles. The van der Waals surface area contributed by atoms with Gasteiger partial charge in [0.15, 0.2) is 15.6 Å². The molecule has 222 valence electrons. The lowest BCUT2D eigenvalue weighted by Gasteiger charge is -2.34. The SMILES string of the molecule is CCN1CCN(Cc2ccc(C=Cc3ccccc3C(=O)NC(C(=O)CS(C)(=O)=O)[C@H](N)c3ccccc3)cc2)CC1. The summed E-state index contributed by atoms with van der Waals surface area (Å²) in [6, 6.07) is 22.2. The predicted octanol–water partition coefficient (Wildman–Crippen LogP) is 3.41. The molecule has 3 N–H and O–H groups in total. The number of amides is 1. The van der Waals surface area contributed by atoms with E-state index in [1.54, 1.807) is 36.4 Å². The standard InChI is InChI=1S/C33H40N4O4S/c1-3-36-19-21-37(22-20-36)23-26-15-13-25(14-16-26)17-18-27-9-7-8-12-29(27)33(39)35-32(30(38)24-42(2,40)41)31(34)28-10-5-4-6-11-28/h4-18,31-32H,3,19-24,34H2,1-2H3,(H,35,39)/t31-,32?/m1/s1. The number of sulfone groups is 1. The predicted molar refractivity (Wildman–Crippen MR) is 169 cm³/mol. The molecule has 1 fully saturated rings. The Hall–Kier alpha value is -3.63. The number of nitrogens with zero attached hydrogens (tertiary/aromatic N) is 2. The largest absolute Gasteiger partial charge is 0.340 e. The van der Waals surface area contributed by atoms with Crippen LogP contribution in [-0.2, 0) is 21.2 Å². The van der Waals surface area contributed by atoms with Crippen LogP contribution in [0.4, 0.5) is 0 Å². The van der Waals surface area contributed by atoms with Crippen molar-refractivity contribution in [3.05, 3.63) is 107 Å². The van der Waals surface area contributed by atoms with Gasteiger partial charge in [0, 0.05) is 44.5 Å². The number of carbonyl (C=O) groups excluding carboxylic acids is 2. The summed E-state index contributed by atoms with van der Waals surface area (Å²) >= 11 is 0. The zero-order chi connectivity index (χ0) is 30.1. The second-order valence-electron chi connectivity index (χ2n) is 10.8. The number of piperazine rings is 1. The lowest BCUT2D eigenvalue weighted by molar-refractivity contribution is -0.119. The Morgan fingerprint density at radius 3 is 2.14 bits per heavy atom. The lowest BCUT2D eigenvalue weighted by atomic mass is 9.96. The van der Waals surface area contributed by atoms with Gasteiger partial charge in [-0.05, 0) is 34.9 Å². The van der Waals surface area contributed by atoms with Gasteiger partial charge in [-0.15, -0.1) is 0 Å². The molecule has 8 nitrogen and oxygen atoms in total. The summed E-state index contributed by atoms with van der Waals surface area (Å²) in [6.45, 7) is 8.59. The van der Waals surface area contributed by atoms with E-state index < -0.39 is 39.4 Å². The number of hydrogen-bond acceptors (Lipinski definition) is 7. The first kappa shape index (κ1) is 31.3. The quantitative estimate of drug-likeness (QED) is 0.312. The first-order chi connectivity index (χ1) is 20.1. The van der Waals surface area contributed by atoms with Crippen molar-refractivity contribution in [3.8, 4) is 0 Å². The van der Waals surface area contributed by atoms with Crippen LogP contribution in [0.5, 0.6) is 0 Å². The fourth-order valence-electron chi connectivity index (χ4n) is 5.10. The fourth-order valence-corrected chi connectivity index (χ4v) is 5.79. The second-order valence-corrected chi connectivity index (χ2v) is 12.9. The summed E-state index contributed by atoms with van der Waals surface area (Å²) in [5.74, 6) is -1.89. The molecule has 4 rings (SSSR count). The molecular formula is C33H40N4O4S. The molecule has 1 heterocycles. The minimum atomic E-state index is -3.62. The van der Waals surface area contributed by atoms with Gasteiger partial charge in [-0.1, -0.05) is 91.9 Å². The van der Waals surface area contributed by atoms with Crippen LogP contribution >= 0.6 is 0 Å². The average molecular weight is 589 g/mol. The van der Waals surface area contributed by atoms with Gasteiger partial charge in [-0.2, -0.15) is 0 Å². The summed E-state index contributed by atoms with van der Waals surface area (Å²) in [5, 5.41) is 2.73. The number of nitrogens with two attached hydrogens (primary N) is 1. The van der Waals surface area contributed by atoms with Crippen molar-refractivity contribution in [2.75, 3.05) is 44.7 Å². The molecule has 0 aliphatic carbocycles. The normalized spacial score (nSPS) is 16.3. The summed E-state index contributed by atoms with van der Waals surface area (Å²) in [5.41, 5.74) is 10.3. The van der Waals surface area contributed by atoms with Crippen molar-refractivity contribution in [3.63, 3.8) is 0 Å². The van der Waals surface area contributed by atoms with E-state index in [1.807, 2.05) is 30.4 Å². The van der Waals surface area contributed by atoms with Gasteiger partial charge in [0.05, 0.1) is 6.04 Å². The maximum Gasteiger partial charge on any atom is 0.252 e. The highest BCUT2D eigenvalue weighted by molar-refractivity contribution is 7.91. The maximum absolute atomic E-state index is 13.5. The first-order valence-corrected chi connectivity index (χ1v) is 16.3. The van der Waals surface area contributed by atoms with E-state index in [0.717, 1.165) is 51.1 Å². The third kappa shape index (κ3) is 8.93. The van der Waals surface area contributed by atoms with E-state index in [0.29, 0.717) is 16.7 Å². The molecule has 1 aliphatic heterocycles. The summed E-state index contributed by atoms with van der Waals surface area (Å²) < 4.78 is 23.8. The summed E-state index contributed by atoms with van der Waals surface area (Å²) in [7, 11) is -3.62. The highest BCUT2D eigenvalue weighted by Gasteiger charge is 2.31. The van der Waals surface area contributed by atoms with Gasteiger partial charge in [0.25, 0.3) is 5.91 Å². The highest BCUT2D eigenvalue weighted by atomic mass is 32.2. The number of benzene rings is 3. The molecule has 0 saturated carbocycles. The first-order valence-electron chi connectivity index (χ1n) is 14.3. The smallest absolute Gasteiger partial charge is 0.252 e. The Balaban J connectivity index is 1.47. The van der Waals surface area contributed by atoms with E-state index in [1.165, 1.54) is 5.56 Å². The second kappa shape index (κ2) is 14.5. The van der Waals surface area contributed by atoms with Crippen LogP contribution in [-0.4, -0.2) is 80.7 Å². The van der Waals surface area contributed by atoms with Crippen LogP contribution in [0.15, 0.2) is 78.9 Å². The molecule has 0 spiro atoms. The molecule has 1 amide bonds. The maximum atomic E-state index is 13.5. The zero-order valence-electron chi connectivity index (χ0n) is 24.3. The van der Waals surface area contributed by atoms with Gasteiger partial charge in [-0.25, -0.2) is 8.42 Å². The Kier molecular flexibility index (Phi) is 10.8. The Bertz CT molecular complexity index is 1480. The molecule has 1 unspecified atom stereocenters. The lowest BCUT2D eigenvalue weighted by Crippen LogP contribution is -2.49. The molecule has 0 radical (unpaired) electrons. The van der Waals surface area contributed by atoms with Crippen molar-refractivity contribution < 1.29 is 18.0 Å². The summed E-state index contributed by atoms with van der Waals surface area (Å²) in [4.78, 5) is 31.4. The minimum Gasteiger partial charge on any atom is -0.340 e. The molecule has 9 heteroatoms. The van der Waals surface area contributed by atoms with Crippen LogP contribution < -0.4 is 11.1 Å². The zero-order valence-corrected chi connectivity index (χ0v) is 25.1. The van der Waals surface area contributed by atoms with Gasteiger partial charge in [-0.3, -0.25) is 14.5 Å². The molecule has 3 aromatic rings. The van der Waals surface area contributed by atoms with Crippen molar-refractivity contribution in [2.45, 2.75) is 25.6 Å². The molecule has 1 aliphatic rings. The van der Waals surface area contributed by atoms with E-state index in [4.69, 9.17) is 5.73 Å². The fraction of sp³-hybridized carbons (Fsp3) is 0.333. The van der Waals surface area contributed by atoms with Crippen LogP contribution in [0.2, 0.25) is 0 Å². The third-order valence-electron chi connectivity index (χ3n) is 7.54. The highest BCUT2D eigenvalue weighted by Crippen LogP contribution is 2.19. The topological polar surface area (TPSA) is 113 Å². The van der Waals surface area contributed by atoms with Crippen LogP contribution in [0, 0.1) is 0 Å². The third-order valence-corrected chi connectivity index (χ3v) is 8.35. The number of nitrogens with one attached hydrogen (secondary N) is 1. The van der Waals surface area contributed by atoms with Crippen LogP contribution in [0.25, 0.3) is 12.2 Å². The van der Waals surface area contributed by atoms with Crippen molar-refractivity contribution in [2.24, 2.45) is 5.73 Å². The number of hydrogen-bond donors (Lipinski definition) is 2. The number of likely N-dealkylation sites (N-methyl/N-ethyl adjacent to an activating group) is 1. The average Bonchev–Trinajstić information content (AvgIpc) is 2.99. The Morgan fingerprint density at radius 2 is 1.50 bits per heavy atom. The van der Waals surface area contributed by atoms with Gasteiger partial charge in [0.1, 0.15) is 11.8 Å². The molecule has 42 heavy (non-hydrogen) atoms. The Labute approximate surface area is 249 Å². The van der Waals surface area contributed by atoms with Crippen molar-refractivity contribution in [1.82, 2.24) is 15.1 Å². The monoisotopic (exact) mass is 588 g/mol. The van der Waals surface area contributed by atoms with E-state index in [9.17, 15) is 18.0 Å². The summed E-state index contributed by atoms with van der Waals surface area (Å²) in [6.07, 6.45) is 4.79. The molecule has 3 aromatic carbocycles. The van der Waals surface area contributed by atoms with Crippen LogP contribution in [0.3, 0.4) is 0 Å². The van der Waals surface area contributed by atoms with Gasteiger partial charge >= 0.3 is 0 Å².